The summed E-state index contributed by atoms with van der Waals surface area (Å²) in [6, 6.07) is 0. The Morgan fingerprint density at radius 1 is 1.14 bits per heavy atom. The smallest absolute Gasteiger partial charge is 0.0587 e. The molecule has 0 spiro atoms. The first-order chi connectivity index (χ1) is 10.3. The SMILES string of the molecule is CCN(CC1CC1)CC1(CNCCOC)CCCCCC1. The molecule has 21 heavy (non-hydrogen) atoms. The molecular formula is C18H36N2O. The quantitative estimate of drug-likeness (QED) is 0.494. The minimum atomic E-state index is 0.509. The van der Waals surface area contributed by atoms with Crippen molar-refractivity contribution in [2.75, 3.05) is 46.4 Å². The topological polar surface area (TPSA) is 24.5 Å². The van der Waals surface area contributed by atoms with Gasteiger partial charge in [0.1, 0.15) is 0 Å². The van der Waals surface area contributed by atoms with Crippen LogP contribution in [0.1, 0.15) is 58.3 Å². The Kier molecular flexibility index (Phi) is 7.48. The van der Waals surface area contributed by atoms with Gasteiger partial charge in [-0.25, -0.2) is 0 Å². The summed E-state index contributed by atoms with van der Waals surface area (Å²) in [4.78, 5) is 2.74. The fourth-order valence-electron chi connectivity index (χ4n) is 3.84. The molecule has 0 aromatic rings. The molecular weight excluding hydrogens is 260 g/mol. The van der Waals surface area contributed by atoms with Gasteiger partial charge in [0.15, 0.2) is 0 Å². The van der Waals surface area contributed by atoms with Crippen LogP contribution in [0, 0.1) is 11.3 Å². The first kappa shape index (κ1) is 17.2. The molecule has 0 aromatic heterocycles. The van der Waals surface area contributed by atoms with E-state index in [4.69, 9.17) is 4.74 Å². The number of rotatable bonds is 10. The van der Waals surface area contributed by atoms with Gasteiger partial charge in [0, 0.05) is 33.3 Å². The lowest BCUT2D eigenvalue weighted by molar-refractivity contribution is 0.122. The van der Waals surface area contributed by atoms with Gasteiger partial charge < -0.3 is 15.0 Å². The van der Waals surface area contributed by atoms with Gasteiger partial charge in [0.2, 0.25) is 0 Å². The summed E-state index contributed by atoms with van der Waals surface area (Å²) in [6.07, 6.45) is 11.5. The molecule has 2 aliphatic rings. The summed E-state index contributed by atoms with van der Waals surface area (Å²) in [5.41, 5.74) is 0.509. The van der Waals surface area contributed by atoms with Crippen LogP contribution in [-0.4, -0.2) is 51.3 Å². The van der Waals surface area contributed by atoms with E-state index >= 15 is 0 Å². The Bertz CT molecular complexity index is 270. The van der Waals surface area contributed by atoms with Crippen molar-refractivity contribution in [2.24, 2.45) is 11.3 Å². The van der Waals surface area contributed by atoms with Gasteiger partial charge in [-0.05, 0) is 43.6 Å². The highest BCUT2D eigenvalue weighted by molar-refractivity contribution is 4.88. The maximum atomic E-state index is 5.18. The third-order valence-corrected chi connectivity index (χ3v) is 5.37. The number of ether oxygens (including phenoxy) is 1. The number of methoxy groups -OCH3 is 1. The third kappa shape index (κ3) is 6.25. The predicted octanol–water partition coefficient (Wildman–Crippen LogP) is 3.29. The molecule has 0 unspecified atom stereocenters. The largest absolute Gasteiger partial charge is 0.383 e. The van der Waals surface area contributed by atoms with Gasteiger partial charge >= 0.3 is 0 Å². The molecule has 0 amide bonds. The molecule has 0 aliphatic heterocycles. The maximum absolute atomic E-state index is 5.18. The van der Waals surface area contributed by atoms with E-state index in [1.807, 2.05) is 0 Å². The summed E-state index contributed by atoms with van der Waals surface area (Å²) < 4.78 is 5.18. The first-order valence-electron chi connectivity index (χ1n) is 9.20. The van der Waals surface area contributed by atoms with Gasteiger partial charge in [-0.15, -0.1) is 0 Å². The number of hydrogen-bond donors (Lipinski definition) is 1. The Hall–Kier alpha value is -0.120. The van der Waals surface area contributed by atoms with Crippen LogP contribution in [-0.2, 0) is 4.74 Å². The van der Waals surface area contributed by atoms with E-state index in [1.165, 1.54) is 77.5 Å². The van der Waals surface area contributed by atoms with E-state index in [9.17, 15) is 0 Å². The molecule has 3 nitrogen and oxygen atoms in total. The molecule has 3 heteroatoms. The zero-order chi connectivity index (χ0) is 15.0. The van der Waals surface area contributed by atoms with E-state index in [-0.39, 0.29) is 0 Å². The minimum Gasteiger partial charge on any atom is -0.383 e. The van der Waals surface area contributed by atoms with Gasteiger partial charge in [-0.2, -0.15) is 0 Å². The molecule has 1 N–H and O–H groups in total. The highest BCUT2D eigenvalue weighted by atomic mass is 16.5. The molecule has 124 valence electrons. The number of nitrogens with one attached hydrogen (secondary N) is 1. The van der Waals surface area contributed by atoms with Gasteiger partial charge in [0.25, 0.3) is 0 Å². The fraction of sp³-hybridized carbons (Fsp3) is 1.00. The average molecular weight is 296 g/mol. The van der Waals surface area contributed by atoms with Crippen molar-refractivity contribution in [1.29, 1.82) is 0 Å². The van der Waals surface area contributed by atoms with Crippen LogP contribution in [0.5, 0.6) is 0 Å². The predicted molar refractivity (Wildman–Crippen MR) is 89.7 cm³/mol. The lowest BCUT2D eigenvalue weighted by Gasteiger charge is -2.38. The lowest BCUT2D eigenvalue weighted by Crippen LogP contribution is -2.45. The van der Waals surface area contributed by atoms with Crippen LogP contribution in [0.3, 0.4) is 0 Å². The van der Waals surface area contributed by atoms with Crippen molar-refractivity contribution in [3.8, 4) is 0 Å². The van der Waals surface area contributed by atoms with E-state index in [0.29, 0.717) is 5.41 Å². The monoisotopic (exact) mass is 296 g/mol. The van der Waals surface area contributed by atoms with E-state index in [1.54, 1.807) is 7.11 Å². The van der Waals surface area contributed by atoms with E-state index in [0.717, 1.165) is 19.1 Å². The van der Waals surface area contributed by atoms with Crippen molar-refractivity contribution in [3.05, 3.63) is 0 Å². The molecule has 0 bridgehead atoms. The molecule has 0 aromatic carbocycles. The number of nitrogens with zero attached hydrogens (tertiary/aromatic N) is 1. The van der Waals surface area contributed by atoms with Crippen LogP contribution < -0.4 is 5.32 Å². The molecule has 0 atom stereocenters. The van der Waals surface area contributed by atoms with Crippen LogP contribution in [0.15, 0.2) is 0 Å². The summed E-state index contributed by atoms with van der Waals surface area (Å²) in [5, 5.41) is 3.67. The minimum absolute atomic E-state index is 0.509. The molecule has 2 aliphatic carbocycles. The summed E-state index contributed by atoms with van der Waals surface area (Å²) >= 11 is 0. The van der Waals surface area contributed by atoms with Crippen LogP contribution in [0.4, 0.5) is 0 Å². The van der Waals surface area contributed by atoms with E-state index < -0.39 is 0 Å². The molecule has 2 fully saturated rings. The standard InChI is InChI=1S/C18H36N2O/c1-3-20(14-17-8-9-17)16-18(15-19-12-13-21-2)10-6-4-5-7-11-18/h17,19H,3-16H2,1-2H3. The Morgan fingerprint density at radius 3 is 2.43 bits per heavy atom. The second-order valence-corrected chi connectivity index (χ2v) is 7.35. The summed E-state index contributed by atoms with van der Waals surface area (Å²) in [6.45, 7) is 9.21. The highest BCUT2D eigenvalue weighted by Gasteiger charge is 2.34. The highest BCUT2D eigenvalue weighted by Crippen LogP contribution is 2.37. The third-order valence-electron chi connectivity index (χ3n) is 5.37. The van der Waals surface area contributed by atoms with Gasteiger partial charge in [-0.3, -0.25) is 0 Å². The number of hydrogen-bond acceptors (Lipinski definition) is 3. The van der Waals surface area contributed by atoms with Crippen LogP contribution >= 0.6 is 0 Å². The van der Waals surface area contributed by atoms with Crippen molar-refractivity contribution < 1.29 is 4.74 Å². The zero-order valence-corrected chi connectivity index (χ0v) is 14.3. The lowest BCUT2D eigenvalue weighted by atomic mass is 9.79. The first-order valence-corrected chi connectivity index (χ1v) is 9.20. The normalized spacial score (nSPS) is 22.4. The van der Waals surface area contributed by atoms with Crippen molar-refractivity contribution >= 4 is 0 Å². The van der Waals surface area contributed by atoms with Crippen molar-refractivity contribution in [3.63, 3.8) is 0 Å². The average Bonchev–Trinajstić information content (AvgIpc) is 3.31. The zero-order valence-electron chi connectivity index (χ0n) is 14.3. The second kappa shape index (κ2) is 9.12. The summed E-state index contributed by atoms with van der Waals surface area (Å²) in [5.74, 6) is 1.01. The van der Waals surface area contributed by atoms with Gasteiger partial charge in [-0.1, -0.05) is 32.6 Å². The molecule has 0 radical (unpaired) electrons. The second-order valence-electron chi connectivity index (χ2n) is 7.35. The summed E-state index contributed by atoms with van der Waals surface area (Å²) in [7, 11) is 1.79. The Balaban J connectivity index is 1.88. The van der Waals surface area contributed by atoms with Crippen LogP contribution in [0.25, 0.3) is 0 Å². The maximum Gasteiger partial charge on any atom is 0.0587 e. The van der Waals surface area contributed by atoms with Crippen LogP contribution in [0.2, 0.25) is 0 Å². The van der Waals surface area contributed by atoms with Crippen molar-refractivity contribution in [1.82, 2.24) is 10.2 Å². The molecule has 0 saturated heterocycles. The van der Waals surface area contributed by atoms with E-state index in [2.05, 4.69) is 17.1 Å². The Labute approximate surface area is 131 Å². The molecule has 2 saturated carbocycles. The van der Waals surface area contributed by atoms with Crippen molar-refractivity contribution in [2.45, 2.75) is 58.3 Å². The Morgan fingerprint density at radius 2 is 1.86 bits per heavy atom. The van der Waals surface area contributed by atoms with Gasteiger partial charge in [0.05, 0.1) is 6.61 Å². The fourth-order valence-corrected chi connectivity index (χ4v) is 3.84. The molecule has 0 heterocycles. The molecule has 2 rings (SSSR count).